The Kier molecular flexibility index (Phi) is 5.47. The second-order valence-electron chi connectivity index (χ2n) is 9.41. The summed E-state index contributed by atoms with van der Waals surface area (Å²) in [5.41, 5.74) is 6.79. The normalized spacial score (nSPS) is 18.8. The molecule has 1 saturated carbocycles. The molecule has 1 saturated heterocycles. The third-order valence-electron chi connectivity index (χ3n) is 6.43. The number of halogens is 1. The van der Waals surface area contributed by atoms with Crippen LogP contribution in [0.25, 0.3) is 11.0 Å². The van der Waals surface area contributed by atoms with Gasteiger partial charge in [-0.2, -0.15) is 5.10 Å². The van der Waals surface area contributed by atoms with Crippen LogP contribution in [0.4, 0.5) is 10.2 Å². The summed E-state index contributed by atoms with van der Waals surface area (Å²) in [7, 11) is 0.389. The van der Waals surface area contributed by atoms with E-state index in [1.54, 1.807) is 37.6 Å². The van der Waals surface area contributed by atoms with Crippen LogP contribution < -0.4 is 16.4 Å². The van der Waals surface area contributed by atoms with Crippen LogP contribution in [-0.4, -0.2) is 63.8 Å². The minimum atomic E-state index is -1.30. The summed E-state index contributed by atoms with van der Waals surface area (Å²) in [6.07, 6.45) is 4.56. The van der Waals surface area contributed by atoms with Gasteiger partial charge in [0.2, 0.25) is 8.96 Å². The summed E-state index contributed by atoms with van der Waals surface area (Å²) in [6, 6.07) is 4.11. The topological polar surface area (TPSA) is 123 Å². The molecule has 34 heavy (non-hydrogen) atoms. The lowest BCUT2D eigenvalue weighted by atomic mass is 10.0. The Bertz CT molecular complexity index is 1340. The maximum atomic E-state index is 14.9. The van der Waals surface area contributed by atoms with E-state index < -0.39 is 26.3 Å². The standard InChI is InChI=1S/C23H27FN7O2Si/c1-23(2,33)19-10-34(12-28-19)31-22(26-3)20(21(25)32)16(29-31)7-4-13-8-17-18(9-15(13)24)30(11-27-17)14-5-6-14/h8-9,11,14,19,26,28,33H,5-6,10,12H2,1-3H3,(H2,25,32)/t19-/m1/s1. The van der Waals surface area contributed by atoms with E-state index in [0.29, 0.717) is 29.6 Å². The predicted molar refractivity (Wildman–Crippen MR) is 128 cm³/mol. The zero-order chi connectivity index (χ0) is 24.2. The average molecular weight is 481 g/mol. The molecular formula is C23H27FN7O2Si. The highest BCUT2D eigenvalue weighted by Crippen LogP contribution is 2.37. The number of hydrogen-bond donors (Lipinski definition) is 4. The number of hydrogen-bond acceptors (Lipinski definition) is 6. The van der Waals surface area contributed by atoms with Gasteiger partial charge in [0.25, 0.3) is 5.91 Å². The molecular weight excluding hydrogens is 453 g/mol. The molecule has 11 heteroatoms. The van der Waals surface area contributed by atoms with Gasteiger partial charge in [0.15, 0.2) is 0 Å². The van der Waals surface area contributed by atoms with Gasteiger partial charge in [-0.3, -0.25) is 9.14 Å². The van der Waals surface area contributed by atoms with Crippen LogP contribution in [0, 0.1) is 17.7 Å². The van der Waals surface area contributed by atoms with Crippen molar-refractivity contribution in [3.8, 4) is 11.8 Å². The molecule has 1 aromatic carbocycles. The third kappa shape index (κ3) is 3.98. The van der Waals surface area contributed by atoms with Gasteiger partial charge in [-0.25, -0.2) is 9.37 Å². The molecule has 0 bridgehead atoms. The Hall–Kier alpha value is -3.20. The minimum Gasteiger partial charge on any atom is -0.389 e. The number of carbonyl (C=O) groups excluding carboxylic acids is 1. The van der Waals surface area contributed by atoms with E-state index in [4.69, 9.17) is 5.73 Å². The molecule has 0 spiro atoms. The number of aromatic nitrogens is 4. The number of nitrogens with one attached hydrogen (secondary N) is 2. The molecule has 0 unspecified atom stereocenters. The molecule has 1 atom stereocenters. The van der Waals surface area contributed by atoms with Crippen molar-refractivity contribution in [3.05, 3.63) is 41.1 Å². The number of primary amides is 1. The molecule has 1 amide bonds. The van der Waals surface area contributed by atoms with E-state index >= 15 is 0 Å². The fraction of sp³-hybridized carbons (Fsp3) is 0.435. The van der Waals surface area contributed by atoms with Crippen LogP contribution in [-0.2, 0) is 0 Å². The summed E-state index contributed by atoms with van der Waals surface area (Å²) in [4.78, 5) is 16.7. The highest BCUT2D eigenvalue weighted by atomic mass is 28.3. The number of amides is 1. The first-order chi connectivity index (χ1) is 16.2. The molecule has 9 nitrogen and oxygen atoms in total. The first kappa shape index (κ1) is 22.6. The zero-order valence-corrected chi connectivity index (χ0v) is 20.3. The molecule has 3 heterocycles. The summed E-state index contributed by atoms with van der Waals surface area (Å²) in [5.74, 6) is 5.08. The van der Waals surface area contributed by atoms with Crippen molar-refractivity contribution >= 4 is 31.7 Å². The maximum Gasteiger partial charge on any atom is 0.255 e. The van der Waals surface area contributed by atoms with E-state index in [-0.39, 0.29) is 22.9 Å². The van der Waals surface area contributed by atoms with Gasteiger partial charge in [-0.05, 0) is 44.7 Å². The van der Waals surface area contributed by atoms with Crippen molar-refractivity contribution in [1.82, 2.24) is 24.3 Å². The fourth-order valence-electron chi connectivity index (χ4n) is 4.39. The smallest absolute Gasteiger partial charge is 0.255 e. The highest BCUT2D eigenvalue weighted by Gasteiger charge is 2.39. The average Bonchev–Trinajstić information content (AvgIpc) is 3.20. The van der Waals surface area contributed by atoms with Crippen molar-refractivity contribution in [2.75, 3.05) is 18.5 Å². The largest absolute Gasteiger partial charge is 0.389 e. The minimum absolute atomic E-state index is 0.0851. The zero-order valence-electron chi connectivity index (χ0n) is 19.3. The van der Waals surface area contributed by atoms with Crippen LogP contribution in [0.15, 0.2) is 18.5 Å². The Morgan fingerprint density at radius 2 is 2.15 bits per heavy atom. The number of benzene rings is 1. The quantitative estimate of drug-likeness (QED) is 0.323. The molecule has 2 aliphatic rings. The molecule has 5 N–H and O–H groups in total. The summed E-state index contributed by atoms with van der Waals surface area (Å²) in [6.45, 7) is 3.53. The number of fused-ring (bicyclic) bond motifs is 1. The predicted octanol–water partition coefficient (Wildman–Crippen LogP) is 1.37. The maximum absolute atomic E-state index is 14.9. The third-order valence-corrected chi connectivity index (χ3v) is 8.85. The van der Waals surface area contributed by atoms with Gasteiger partial charge >= 0.3 is 0 Å². The molecule has 177 valence electrons. The van der Waals surface area contributed by atoms with Crippen molar-refractivity contribution in [2.45, 2.75) is 50.4 Å². The number of nitrogens with zero attached hydrogens (tertiary/aromatic N) is 4. The molecule has 1 aliphatic carbocycles. The van der Waals surface area contributed by atoms with Gasteiger partial charge in [-0.1, -0.05) is 5.92 Å². The number of rotatable bonds is 5. The number of nitrogens with two attached hydrogens (primary N) is 1. The first-order valence-electron chi connectivity index (χ1n) is 11.3. The number of aliphatic hydroxyl groups is 1. The Balaban J connectivity index is 1.51. The molecule has 1 radical (unpaired) electrons. The lowest BCUT2D eigenvalue weighted by Crippen LogP contribution is -2.42. The second-order valence-corrected chi connectivity index (χ2v) is 11.7. The molecule has 1 aliphatic heterocycles. The molecule has 2 fully saturated rings. The number of imidazole rings is 1. The van der Waals surface area contributed by atoms with Crippen LogP contribution in [0.5, 0.6) is 0 Å². The fourth-order valence-corrected chi connectivity index (χ4v) is 7.24. The Labute approximate surface area is 198 Å². The molecule has 3 aromatic rings. The van der Waals surface area contributed by atoms with E-state index in [2.05, 4.69) is 32.6 Å². The van der Waals surface area contributed by atoms with Gasteiger partial charge in [-0.15, -0.1) is 0 Å². The van der Waals surface area contributed by atoms with E-state index in [0.717, 1.165) is 18.4 Å². The second kappa shape index (κ2) is 8.23. The van der Waals surface area contributed by atoms with Crippen LogP contribution in [0.2, 0.25) is 6.04 Å². The SMILES string of the molecule is CNc1c(C(N)=O)c(C#Cc2cc3ncn(C4CC4)c3cc2F)nn1[Si]1CN[C@@H](C(C)(C)O)C1. The van der Waals surface area contributed by atoms with Crippen molar-refractivity contribution in [2.24, 2.45) is 5.73 Å². The lowest BCUT2D eigenvalue weighted by Gasteiger charge is -2.25. The van der Waals surface area contributed by atoms with Crippen LogP contribution >= 0.6 is 0 Å². The van der Waals surface area contributed by atoms with Gasteiger partial charge in [0.05, 0.1) is 28.5 Å². The van der Waals surface area contributed by atoms with Crippen molar-refractivity contribution in [3.63, 3.8) is 0 Å². The number of carbonyl (C=O) groups is 1. The summed E-state index contributed by atoms with van der Waals surface area (Å²) in [5, 5.41) is 21.4. The van der Waals surface area contributed by atoms with Crippen LogP contribution in [0.3, 0.4) is 0 Å². The first-order valence-corrected chi connectivity index (χ1v) is 13.1. The van der Waals surface area contributed by atoms with Gasteiger partial charge in [0, 0.05) is 31.4 Å². The van der Waals surface area contributed by atoms with Crippen molar-refractivity contribution in [1.29, 1.82) is 0 Å². The van der Waals surface area contributed by atoms with Crippen molar-refractivity contribution < 1.29 is 14.3 Å². The Morgan fingerprint density at radius 3 is 2.76 bits per heavy atom. The van der Waals surface area contributed by atoms with Crippen LogP contribution in [0.1, 0.15) is 54.3 Å². The van der Waals surface area contributed by atoms with E-state index in [9.17, 15) is 14.3 Å². The summed E-state index contributed by atoms with van der Waals surface area (Å²) < 4.78 is 18.7. The number of anilines is 1. The lowest BCUT2D eigenvalue weighted by molar-refractivity contribution is 0.0494. The monoisotopic (exact) mass is 480 g/mol. The molecule has 2 aromatic heterocycles. The van der Waals surface area contributed by atoms with E-state index in [1.807, 2.05) is 4.57 Å². The highest BCUT2D eigenvalue weighted by molar-refractivity contribution is 6.58. The van der Waals surface area contributed by atoms with E-state index in [1.165, 1.54) is 6.07 Å². The molecule has 5 rings (SSSR count). The van der Waals surface area contributed by atoms with Gasteiger partial charge < -0.3 is 26.0 Å². The van der Waals surface area contributed by atoms with Gasteiger partial charge in [0.1, 0.15) is 22.9 Å². The Morgan fingerprint density at radius 1 is 1.38 bits per heavy atom. The summed E-state index contributed by atoms with van der Waals surface area (Å²) >= 11 is 0.